The smallest absolute Gasteiger partial charge is 0.434 e. The van der Waals surface area contributed by atoms with E-state index in [0.29, 0.717) is 12.1 Å². The summed E-state index contributed by atoms with van der Waals surface area (Å²) in [6, 6.07) is 3.73. The van der Waals surface area contributed by atoms with Crippen LogP contribution >= 0.6 is 0 Å². The van der Waals surface area contributed by atoms with E-state index in [0.717, 1.165) is 16.7 Å². The van der Waals surface area contributed by atoms with E-state index in [9.17, 15) is 35.5 Å². The van der Waals surface area contributed by atoms with Crippen LogP contribution in [0.15, 0.2) is 35.3 Å². The summed E-state index contributed by atoms with van der Waals surface area (Å²) >= 11 is 0. The SMILES string of the molecule is COc1ccn2c(=O)c(-c3ccc(OCC(F)(F)F)nc3F)c(C(F)(F)F)nc2c1. The van der Waals surface area contributed by atoms with Gasteiger partial charge >= 0.3 is 12.4 Å². The Balaban J connectivity index is 2.19. The molecule has 3 aromatic heterocycles. The van der Waals surface area contributed by atoms with E-state index in [-0.39, 0.29) is 5.75 Å². The summed E-state index contributed by atoms with van der Waals surface area (Å²) in [4.78, 5) is 19.2. The highest BCUT2D eigenvalue weighted by atomic mass is 19.4. The molecule has 0 aliphatic carbocycles. The van der Waals surface area contributed by atoms with Gasteiger partial charge in [0.25, 0.3) is 5.56 Å². The maximum atomic E-state index is 14.4. The van der Waals surface area contributed by atoms with Crippen molar-refractivity contribution in [3.8, 4) is 22.8 Å². The Morgan fingerprint density at radius 2 is 1.77 bits per heavy atom. The number of methoxy groups -OCH3 is 1. The monoisotopic (exact) mass is 437 g/mol. The highest BCUT2D eigenvalue weighted by molar-refractivity contribution is 5.67. The van der Waals surface area contributed by atoms with E-state index in [1.807, 2.05) is 0 Å². The Morgan fingerprint density at radius 1 is 1.07 bits per heavy atom. The van der Waals surface area contributed by atoms with Gasteiger partial charge in [-0.15, -0.1) is 0 Å². The number of ether oxygens (including phenoxy) is 2. The third-order valence-electron chi connectivity index (χ3n) is 3.78. The molecule has 0 saturated carbocycles. The molecule has 3 rings (SSSR count). The lowest BCUT2D eigenvalue weighted by Crippen LogP contribution is -2.24. The topological polar surface area (TPSA) is 65.7 Å². The minimum absolute atomic E-state index is 0.127. The van der Waals surface area contributed by atoms with Crippen LogP contribution in [0, 0.1) is 5.95 Å². The summed E-state index contributed by atoms with van der Waals surface area (Å²) in [5.74, 6) is -2.32. The molecule has 0 aliphatic rings. The van der Waals surface area contributed by atoms with Crippen LogP contribution in [0.2, 0.25) is 0 Å². The number of alkyl halides is 6. The van der Waals surface area contributed by atoms with Crippen LogP contribution in [-0.4, -0.2) is 34.3 Å². The largest absolute Gasteiger partial charge is 0.497 e. The number of halogens is 7. The summed E-state index contributed by atoms with van der Waals surface area (Å²) in [6.45, 7) is -1.78. The predicted octanol–water partition coefficient (Wildman–Crippen LogP) is 3.86. The molecule has 0 spiro atoms. The number of fused-ring (bicyclic) bond motifs is 1. The number of rotatable bonds is 4. The predicted molar refractivity (Wildman–Crippen MR) is 87.8 cm³/mol. The molecule has 3 heterocycles. The van der Waals surface area contributed by atoms with Crippen molar-refractivity contribution < 1.29 is 40.2 Å². The molecule has 6 nitrogen and oxygen atoms in total. The van der Waals surface area contributed by atoms with Gasteiger partial charge in [-0.2, -0.15) is 35.7 Å². The fraction of sp³-hybridized carbons (Fsp3) is 0.235. The van der Waals surface area contributed by atoms with Crippen molar-refractivity contribution in [1.82, 2.24) is 14.4 Å². The summed E-state index contributed by atoms with van der Waals surface area (Å²) in [6.07, 6.45) is -8.80. The van der Waals surface area contributed by atoms with Crippen molar-refractivity contribution in [3.63, 3.8) is 0 Å². The van der Waals surface area contributed by atoms with Crippen molar-refractivity contribution in [3.05, 3.63) is 52.5 Å². The second-order valence-electron chi connectivity index (χ2n) is 5.82. The minimum Gasteiger partial charge on any atom is -0.497 e. The van der Waals surface area contributed by atoms with E-state index in [1.54, 1.807) is 0 Å². The number of nitrogens with zero attached hydrogens (tertiary/aromatic N) is 3. The second-order valence-corrected chi connectivity index (χ2v) is 5.82. The van der Waals surface area contributed by atoms with E-state index < -0.39 is 58.8 Å². The van der Waals surface area contributed by atoms with Crippen molar-refractivity contribution >= 4 is 5.65 Å². The zero-order valence-corrected chi connectivity index (χ0v) is 14.8. The summed E-state index contributed by atoms with van der Waals surface area (Å²) < 4.78 is 101. The number of hydrogen-bond donors (Lipinski definition) is 0. The van der Waals surface area contributed by atoms with Crippen LogP contribution in [0.3, 0.4) is 0 Å². The Kier molecular flexibility index (Phi) is 5.31. The molecule has 30 heavy (non-hydrogen) atoms. The molecule has 0 atom stereocenters. The highest BCUT2D eigenvalue weighted by Crippen LogP contribution is 2.35. The average molecular weight is 437 g/mol. The first kappa shape index (κ1) is 21.3. The first-order chi connectivity index (χ1) is 13.9. The Hall–Kier alpha value is -3.38. The molecule has 0 N–H and O–H groups in total. The molecule has 0 bridgehead atoms. The third-order valence-corrected chi connectivity index (χ3v) is 3.78. The van der Waals surface area contributed by atoms with Crippen molar-refractivity contribution in [2.75, 3.05) is 13.7 Å². The average Bonchev–Trinajstić information content (AvgIpc) is 2.65. The van der Waals surface area contributed by atoms with Crippen LogP contribution in [0.5, 0.6) is 11.6 Å². The summed E-state index contributed by atoms with van der Waals surface area (Å²) in [5, 5.41) is 0. The Bertz CT molecular complexity index is 1160. The van der Waals surface area contributed by atoms with Gasteiger partial charge in [0.2, 0.25) is 11.8 Å². The molecule has 0 radical (unpaired) electrons. The quantitative estimate of drug-likeness (QED) is 0.458. The molecule has 160 valence electrons. The lowest BCUT2D eigenvalue weighted by atomic mass is 10.1. The zero-order chi connectivity index (χ0) is 22.3. The minimum atomic E-state index is -5.15. The summed E-state index contributed by atoms with van der Waals surface area (Å²) in [5.41, 5.74) is -5.42. The molecule has 0 aliphatic heterocycles. The molecule has 13 heteroatoms. The fourth-order valence-corrected chi connectivity index (χ4v) is 2.53. The van der Waals surface area contributed by atoms with Gasteiger partial charge in [0.05, 0.1) is 12.7 Å². The van der Waals surface area contributed by atoms with E-state index >= 15 is 0 Å². The molecule has 0 aromatic carbocycles. The van der Waals surface area contributed by atoms with E-state index in [4.69, 9.17) is 4.74 Å². The molecule has 3 aromatic rings. The van der Waals surface area contributed by atoms with Gasteiger partial charge in [-0.1, -0.05) is 0 Å². The van der Waals surface area contributed by atoms with Crippen LogP contribution < -0.4 is 15.0 Å². The first-order valence-electron chi connectivity index (χ1n) is 7.95. The van der Waals surface area contributed by atoms with Gasteiger partial charge in [0.1, 0.15) is 11.4 Å². The van der Waals surface area contributed by atoms with Crippen LogP contribution in [0.4, 0.5) is 30.7 Å². The van der Waals surface area contributed by atoms with Crippen molar-refractivity contribution in [1.29, 1.82) is 0 Å². The molecular weight excluding hydrogens is 427 g/mol. The van der Waals surface area contributed by atoms with Gasteiger partial charge < -0.3 is 9.47 Å². The van der Waals surface area contributed by atoms with Gasteiger partial charge in [0, 0.05) is 23.9 Å². The van der Waals surface area contributed by atoms with Crippen LogP contribution in [0.1, 0.15) is 5.69 Å². The number of aromatic nitrogens is 3. The van der Waals surface area contributed by atoms with Crippen molar-refractivity contribution in [2.24, 2.45) is 0 Å². The first-order valence-corrected chi connectivity index (χ1v) is 7.95. The molecule has 0 saturated heterocycles. The van der Waals surface area contributed by atoms with Gasteiger partial charge in [-0.05, 0) is 12.1 Å². The van der Waals surface area contributed by atoms with Crippen LogP contribution in [0.25, 0.3) is 16.8 Å². The lowest BCUT2D eigenvalue weighted by molar-refractivity contribution is -0.154. The Labute approximate surface area is 162 Å². The number of hydrogen-bond acceptors (Lipinski definition) is 5. The van der Waals surface area contributed by atoms with Crippen molar-refractivity contribution in [2.45, 2.75) is 12.4 Å². The molecule has 0 unspecified atom stereocenters. The normalized spacial score (nSPS) is 12.3. The molecule has 0 fully saturated rings. The third kappa shape index (κ3) is 4.28. The van der Waals surface area contributed by atoms with E-state index in [2.05, 4.69) is 14.7 Å². The van der Waals surface area contributed by atoms with Gasteiger partial charge in [-0.25, -0.2) is 4.98 Å². The standard InChI is InChI=1S/C17H10F7N3O3/c1-29-8-4-5-27-10(6-8)25-13(17(22,23)24)12(15(27)28)9-2-3-11(26-14(9)18)30-7-16(19,20)21/h2-6H,7H2,1H3. The number of pyridine rings is 2. The summed E-state index contributed by atoms with van der Waals surface area (Å²) in [7, 11) is 1.26. The fourth-order valence-electron chi connectivity index (χ4n) is 2.53. The molecular formula is C17H10F7N3O3. The van der Waals surface area contributed by atoms with Gasteiger partial charge in [-0.3, -0.25) is 9.20 Å². The van der Waals surface area contributed by atoms with Crippen LogP contribution in [-0.2, 0) is 6.18 Å². The van der Waals surface area contributed by atoms with E-state index in [1.165, 1.54) is 13.2 Å². The molecule has 0 amide bonds. The lowest BCUT2D eigenvalue weighted by Gasteiger charge is -2.14. The zero-order valence-electron chi connectivity index (χ0n) is 14.8. The maximum absolute atomic E-state index is 14.4. The maximum Gasteiger partial charge on any atom is 0.434 e. The highest BCUT2D eigenvalue weighted by Gasteiger charge is 2.39. The van der Waals surface area contributed by atoms with Gasteiger partial charge in [0.15, 0.2) is 12.3 Å². The Morgan fingerprint density at radius 3 is 2.33 bits per heavy atom. The second kappa shape index (κ2) is 7.46.